The molecule has 1 N–H and O–H groups in total. The van der Waals surface area contributed by atoms with Crippen molar-refractivity contribution in [3.05, 3.63) is 53.0 Å². The zero-order chi connectivity index (χ0) is 17.8. The number of benzene rings is 2. The van der Waals surface area contributed by atoms with Crippen LogP contribution < -0.4 is 15.0 Å². The Hall–Kier alpha value is -2.34. The average molecular weight is 403 g/mol. The maximum Gasteiger partial charge on any atom is 0.265 e. The first kappa shape index (κ1) is 17.5. The van der Waals surface area contributed by atoms with E-state index in [-0.39, 0.29) is 11.8 Å². The van der Waals surface area contributed by atoms with Crippen molar-refractivity contribution in [2.45, 2.75) is 25.9 Å². The van der Waals surface area contributed by atoms with E-state index >= 15 is 0 Å². The van der Waals surface area contributed by atoms with E-state index in [9.17, 15) is 9.59 Å². The first-order valence-corrected chi connectivity index (χ1v) is 8.96. The van der Waals surface area contributed by atoms with Crippen molar-refractivity contribution in [2.75, 3.05) is 16.8 Å². The summed E-state index contributed by atoms with van der Waals surface area (Å²) >= 11 is 3.36. The highest BCUT2D eigenvalue weighted by Gasteiger charge is 2.22. The molecular weight excluding hydrogens is 384 g/mol. The summed E-state index contributed by atoms with van der Waals surface area (Å²) in [6, 6.07) is 14.6. The summed E-state index contributed by atoms with van der Waals surface area (Å²) in [5.74, 6) is 0.457. The third-order valence-corrected chi connectivity index (χ3v) is 4.53. The van der Waals surface area contributed by atoms with Gasteiger partial charge in [-0.15, -0.1) is 0 Å². The smallest absolute Gasteiger partial charge is 0.265 e. The SMILES string of the molecule is C[C@@H](Oc1cccc(N2CCCC2=O)c1)C(=O)Nc1ccc(Br)cc1. The number of halogens is 1. The van der Waals surface area contributed by atoms with Crippen LogP contribution in [-0.2, 0) is 9.59 Å². The first-order chi connectivity index (χ1) is 12.0. The van der Waals surface area contributed by atoms with Crippen LogP contribution >= 0.6 is 15.9 Å². The molecule has 2 aromatic carbocycles. The predicted octanol–water partition coefficient (Wildman–Crippen LogP) is 3.98. The zero-order valence-electron chi connectivity index (χ0n) is 13.9. The van der Waals surface area contributed by atoms with Crippen molar-refractivity contribution in [2.24, 2.45) is 0 Å². The summed E-state index contributed by atoms with van der Waals surface area (Å²) in [6.07, 6.45) is 0.792. The molecule has 1 fully saturated rings. The predicted molar refractivity (Wildman–Crippen MR) is 101 cm³/mol. The molecule has 2 aromatic rings. The van der Waals surface area contributed by atoms with Gasteiger partial charge in [0.25, 0.3) is 5.91 Å². The van der Waals surface area contributed by atoms with Crippen molar-refractivity contribution in [3.8, 4) is 5.75 Å². The lowest BCUT2D eigenvalue weighted by molar-refractivity contribution is -0.122. The largest absolute Gasteiger partial charge is 0.481 e. The number of anilines is 2. The monoisotopic (exact) mass is 402 g/mol. The number of hydrogen-bond acceptors (Lipinski definition) is 3. The molecule has 0 spiro atoms. The lowest BCUT2D eigenvalue weighted by Gasteiger charge is -2.19. The normalized spacial score (nSPS) is 15.1. The average Bonchev–Trinajstić information content (AvgIpc) is 3.03. The number of amides is 2. The molecule has 0 aromatic heterocycles. The van der Waals surface area contributed by atoms with E-state index < -0.39 is 6.10 Å². The van der Waals surface area contributed by atoms with Crippen molar-refractivity contribution in [1.82, 2.24) is 0 Å². The molecule has 3 rings (SSSR count). The van der Waals surface area contributed by atoms with Gasteiger partial charge in [0, 0.05) is 34.9 Å². The molecule has 0 radical (unpaired) electrons. The quantitative estimate of drug-likeness (QED) is 0.822. The van der Waals surface area contributed by atoms with Crippen LogP contribution in [0.1, 0.15) is 19.8 Å². The van der Waals surface area contributed by atoms with Crippen LogP contribution in [0.25, 0.3) is 0 Å². The van der Waals surface area contributed by atoms with Crippen LogP contribution in [0.2, 0.25) is 0 Å². The van der Waals surface area contributed by atoms with Gasteiger partial charge in [-0.1, -0.05) is 22.0 Å². The van der Waals surface area contributed by atoms with Crippen molar-refractivity contribution in [3.63, 3.8) is 0 Å². The Balaban J connectivity index is 1.64. The molecule has 1 saturated heterocycles. The molecule has 5 nitrogen and oxygen atoms in total. The number of carbonyl (C=O) groups excluding carboxylic acids is 2. The molecule has 1 aliphatic heterocycles. The highest BCUT2D eigenvalue weighted by Crippen LogP contribution is 2.26. The van der Waals surface area contributed by atoms with Gasteiger partial charge in [-0.2, -0.15) is 0 Å². The molecule has 0 bridgehead atoms. The Morgan fingerprint density at radius 1 is 1.24 bits per heavy atom. The van der Waals surface area contributed by atoms with Crippen molar-refractivity contribution in [1.29, 1.82) is 0 Å². The molecule has 1 aliphatic rings. The Labute approximate surface area is 155 Å². The van der Waals surface area contributed by atoms with Gasteiger partial charge in [0.1, 0.15) is 5.75 Å². The number of rotatable bonds is 5. The molecule has 130 valence electrons. The molecule has 25 heavy (non-hydrogen) atoms. The van der Waals surface area contributed by atoms with Gasteiger partial charge in [0.2, 0.25) is 5.91 Å². The molecule has 0 aliphatic carbocycles. The Bertz CT molecular complexity index is 776. The fraction of sp³-hybridized carbons (Fsp3) is 0.263. The molecule has 1 heterocycles. The number of nitrogens with one attached hydrogen (secondary N) is 1. The van der Waals surface area contributed by atoms with E-state index in [1.54, 1.807) is 24.0 Å². The number of ether oxygens (including phenoxy) is 1. The molecule has 0 saturated carbocycles. The minimum atomic E-state index is -0.659. The van der Waals surface area contributed by atoms with Crippen molar-refractivity contribution < 1.29 is 14.3 Å². The zero-order valence-corrected chi connectivity index (χ0v) is 15.5. The molecular formula is C19H19BrN2O3. The number of hydrogen-bond donors (Lipinski definition) is 1. The Kier molecular flexibility index (Phi) is 5.38. The van der Waals surface area contributed by atoms with Gasteiger partial charge in [-0.25, -0.2) is 0 Å². The summed E-state index contributed by atoms with van der Waals surface area (Å²) in [6.45, 7) is 2.42. The number of carbonyl (C=O) groups is 2. The maximum absolute atomic E-state index is 12.3. The van der Waals surface area contributed by atoms with E-state index in [1.807, 2.05) is 36.4 Å². The van der Waals surface area contributed by atoms with Gasteiger partial charge in [-0.05, 0) is 49.7 Å². The van der Waals surface area contributed by atoms with Crippen LogP contribution in [0.3, 0.4) is 0 Å². The first-order valence-electron chi connectivity index (χ1n) is 8.16. The second-order valence-electron chi connectivity index (χ2n) is 5.90. The second-order valence-corrected chi connectivity index (χ2v) is 6.82. The summed E-state index contributed by atoms with van der Waals surface area (Å²) in [4.78, 5) is 25.9. The van der Waals surface area contributed by atoms with E-state index in [1.165, 1.54) is 0 Å². The highest BCUT2D eigenvalue weighted by atomic mass is 79.9. The summed E-state index contributed by atoms with van der Waals surface area (Å²) in [5, 5.41) is 2.82. The summed E-state index contributed by atoms with van der Waals surface area (Å²) < 4.78 is 6.70. The fourth-order valence-electron chi connectivity index (χ4n) is 2.68. The van der Waals surface area contributed by atoms with E-state index in [0.717, 1.165) is 23.1 Å². The maximum atomic E-state index is 12.3. The van der Waals surface area contributed by atoms with Gasteiger partial charge < -0.3 is 15.0 Å². The Morgan fingerprint density at radius 3 is 2.68 bits per heavy atom. The lowest BCUT2D eigenvalue weighted by Crippen LogP contribution is -2.30. The minimum absolute atomic E-state index is 0.123. The van der Waals surface area contributed by atoms with Crippen LogP contribution in [0, 0.1) is 0 Å². The molecule has 1 atom stereocenters. The van der Waals surface area contributed by atoms with Gasteiger partial charge in [0.05, 0.1) is 0 Å². The van der Waals surface area contributed by atoms with Crippen molar-refractivity contribution >= 4 is 39.1 Å². The van der Waals surface area contributed by atoms with Gasteiger partial charge >= 0.3 is 0 Å². The summed E-state index contributed by atoms with van der Waals surface area (Å²) in [7, 11) is 0. The van der Waals surface area contributed by atoms with Crippen LogP contribution in [0.4, 0.5) is 11.4 Å². The Morgan fingerprint density at radius 2 is 2.00 bits per heavy atom. The van der Waals surface area contributed by atoms with Gasteiger partial charge in [0.15, 0.2) is 6.10 Å². The van der Waals surface area contributed by atoms with E-state index in [2.05, 4.69) is 21.2 Å². The molecule has 2 amide bonds. The fourth-order valence-corrected chi connectivity index (χ4v) is 2.94. The molecule has 0 unspecified atom stereocenters. The van der Waals surface area contributed by atoms with Crippen LogP contribution in [-0.4, -0.2) is 24.5 Å². The van der Waals surface area contributed by atoms with Crippen LogP contribution in [0.15, 0.2) is 53.0 Å². The third-order valence-electron chi connectivity index (χ3n) is 4.00. The lowest BCUT2D eigenvalue weighted by atomic mass is 10.2. The minimum Gasteiger partial charge on any atom is -0.481 e. The van der Waals surface area contributed by atoms with Gasteiger partial charge in [-0.3, -0.25) is 9.59 Å². The summed E-state index contributed by atoms with van der Waals surface area (Å²) in [5.41, 5.74) is 1.51. The standard InChI is InChI=1S/C19H19BrN2O3/c1-13(19(24)21-15-9-7-14(20)8-10-15)25-17-5-2-4-16(12-17)22-11-3-6-18(22)23/h2,4-5,7-10,12-13H,3,6,11H2,1H3,(H,21,24)/t13-/m1/s1. The van der Waals surface area contributed by atoms with Crippen LogP contribution in [0.5, 0.6) is 5.75 Å². The third kappa shape index (κ3) is 4.39. The second kappa shape index (κ2) is 7.70. The molecule has 6 heteroatoms. The topological polar surface area (TPSA) is 58.6 Å². The highest BCUT2D eigenvalue weighted by molar-refractivity contribution is 9.10. The van der Waals surface area contributed by atoms with E-state index in [4.69, 9.17) is 4.74 Å². The number of nitrogens with zero attached hydrogens (tertiary/aromatic N) is 1. The van der Waals surface area contributed by atoms with E-state index in [0.29, 0.717) is 17.9 Å².